The van der Waals surface area contributed by atoms with Gasteiger partial charge in [-0.3, -0.25) is 9.59 Å². The average Bonchev–Trinajstić information content (AvgIpc) is 2.61. The van der Waals surface area contributed by atoms with Gasteiger partial charge in [-0.1, -0.05) is 29.8 Å². The highest BCUT2D eigenvalue weighted by atomic mass is 16.5. The van der Waals surface area contributed by atoms with E-state index in [1.807, 2.05) is 49.4 Å². The Morgan fingerprint density at radius 3 is 2.64 bits per heavy atom. The minimum atomic E-state index is -0.213. The van der Waals surface area contributed by atoms with Crippen LogP contribution in [0.4, 0.5) is 5.69 Å². The van der Waals surface area contributed by atoms with Gasteiger partial charge in [-0.05, 0) is 44.0 Å². The Hall–Kier alpha value is -2.82. The molecule has 2 aromatic rings. The van der Waals surface area contributed by atoms with Crippen LogP contribution in [-0.2, 0) is 9.59 Å². The quantitative estimate of drug-likeness (QED) is 0.903. The number of anilines is 1. The first-order valence-corrected chi connectivity index (χ1v) is 8.53. The van der Waals surface area contributed by atoms with Crippen molar-refractivity contribution >= 4 is 17.5 Å². The Bertz CT molecular complexity index is 756. The van der Waals surface area contributed by atoms with E-state index in [1.165, 1.54) is 0 Å². The Labute approximate surface area is 147 Å². The molecule has 3 rings (SSSR count). The number of benzene rings is 2. The summed E-state index contributed by atoms with van der Waals surface area (Å²) >= 11 is 0. The van der Waals surface area contributed by atoms with Crippen molar-refractivity contribution in [2.45, 2.75) is 26.2 Å². The number of likely N-dealkylation sites (tertiary alicyclic amines) is 1. The number of amides is 2. The van der Waals surface area contributed by atoms with Gasteiger partial charge in [0.25, 0.3) is 0 Å². The molecule has 0 saturated carbocycles. The Morgan fingerprint density at radius 2 is 1.88 bits per heavy atom. The van der Waals surface area contributed by atoms with Crippen molar-refractivity contribution in [1.29, 1.82) is 0 Å². The molecule has 2 aromatic carbocycles. The van der Waals surface area contributed by atoms with Gasteiger partial charge >= 0.3 is 0 Å². The molecule has 0 spiro atoms. The summed E-state index contributed by atoms with van der Waals surface area (Å²) in [7, 11) is 0. The Morgan fingerprint density at radius 1 is 1.12 bits per heavy atom. The summed E-state index contributed by atoms with van der Waals surface area (Å²) in [5.41, 5.74) is 1.75. The number of carbonyl (C=O) groups is 2. The Kier molecular flexibility index (Phi) is 5.33. The van der Waals surface area contributed by atoms with Crippen molar-refractivity contribution in [1.82, 2.24) is 4.90 Å². The number of nitrogens with one attached hydrogen (secondary N) is 1. The third-order valence-corrected chi connectivity index (χ3v) is 4.17. The van der Waals surface area contributed by atoms with Crippen molar-refractivity contribution in [2.24, 2.45) is 0 Å². The lowest BCUT2D eigenvalue weighted by atomic mass is 10.1. The van der Waals surface area contributed by atoms with Crippen LogP contribution in [0.25, 0.3) is 0 Å². The summed E-state index contributed by atoms with van der Waals surface area (Å²) in [6.07, 6.45) is 2.39. The fraction of sp³-hybridized carbons (Fsp3) is 0.300. The molecular weight excluding hydrogens is 316 g/mol. The summed E-state index contributed by atoms with van der Waals surface area (Å²) in [5.74, 6) is 1.11. The number of para-hydroxylation sites is 2. The zero-order valence-corrected chi connectivity index (χ0v) is 14.3. The molecule has 1 aliphatic heterocycles. The second kappa shape index (κ2) is 7.83. The fourth-order valence-corrected chi connectivity index (χ4v) is 2.78. The molecule has 0 bridgehead atoms. The fourth-order valence-electron chi connectivity index (χ4n) is 2.78. The van der Waals surface area contributed by atoms with Crippen LogP contribution in [0, 0.1) is 6.92 Å². The predicted molar refractivity (Wildman–Crippen MR) is 96.8 cm³/mol. The predicted octanol–water partition coefficient (Wildman–Crippen LogP) is 3.74. The van der Waals surface area contributed by atoms with Crippen molar-refractivity contribution < 1.29 is 14.3 Å². The van der Waals surface area contributed by atoms with Crippen molar-refractivity contribution in [3.63, 3.8) is 0 Å². The van der Waals surface area contributed by atoms with Gasteiger partial charge in [-0.25, -0.2) is 0 Å². The van der Waals surface area contributed by atoms with E-state index in [0.29, 0.717) is 30.2 Å². The molecule has 0 unspecified atom stereocenters. The number of hydrogen-bond acceptors (Lipinski definition) is 3. The number of piperidine rings is 1. The van der Waals surface area contributed by atoms with Crippen LogP contribution in [0.15, 0.2) is 48.5 Å². The molecule has 5 nitrogen and oxygen atoms in total. The summed E-state index contributed by atoms with van der Waals surface area (Å²) in [6, 6.07) is 15.0. The van der Waals surface area contributed by atoms with Crippen molar-refractivity contribution in [3.05, 3.63) is 54.1 Å². The molecule has 2 amide bonds. The van der Waals surface area contributed by atoms with E-state index in [1.54, 1.807) is 11.0 Å². The monoisotopic (exact) mass is 338 g/mol. The van der Waals surface area contributed by atoms with Gasteiger partial charge in [0.2, 0.25) is 11.8 Å². The average molecular weight is 338 g/mol. The number of ether oxygens (including phenoxy) is 1. The topological polar surface area (TPSA) is 58.6 Å². The van der Waals surface area contributed by atoms with Crippen LogP contribution < -0.4 is 10.1 Å². The van der Waals surface area contributed by atoms with Crippen LogP contribution >= 0.6 is 0 Å². The van der Waals surface area contributed by atoms with E-state index in [0.717, 1.165) is 18.4 Å². The van der Waals surface area contributed by atoms with E-state index in [9.17, 15) is 9.59 Å². The maximum atomic E-state index is 12.3. The first-order valence-electron chi connectivity index (χ1n) is 8.53. The van der Waals surface area contributed by atoms with Crippen molar-refractivity contribution in [3.8, 4) is 11.5 Å². The lowest BCUT2D eigenvalue weighted by Gasteiger charge is -2.26. The van der Waals surface area contributed by atoms with Gasteiger partial charge in [0, 0.05) is 13.0 Å². The van der Waals surface area contributed by atoms with Gasteiger partial charge in [-0.15, -0.1) is 0 Å². The summed E-state index contributed by atoms with van der Waals surface area (Å²) in [4.78, 5) is 25.8. The second-order valence-corrected chi connectivity index (χ2v) is 6.23. The van der Waals surface area contributed by atoms with E-state index in [4.69, 9.17) is 4.74 Å². The number of carbonyl (C=O) groups excluding carboxylic acids is 2. The highest BCUT2D eigenvalue weighted by Crippen LogP contribution is 2.29. The molecule has 1 heterocycles. The minimum absolute atomic E-state index is 0.0468. The lowest BCUT2D eigenvalue weighted by molar-refractivity contribution is -0.136. The zero-order valence-electron chi connectivity index (χ0n) is 14.3. The molecule has 25 heavy (non-hydrogen) atoms. The molecular formula is C20H22N2O3. The van der Waals surface area contributed by atoms with E-state index < -0.39 is 0 Å². The van der Waals surface area contributed by atoms with Gasteiger partial charge in [0.1, 0.15) is 5.75 Å². The standard InChI is InChI=1S/C20H22N2O3/c1-15-9-11-16(12-10-15)25-18-7-3-2-6-17(18)21-19(23)14-22-13-5-4-8-20(22)24/h2-3,6-7,9-12H,4-5,8,13-14H2,1H3,(H,21,23). The van der Waals surface area contributed by atoms with E-state index >= 15 is 0 Å². The maximum Gasteiger partial charge on any atom is 0.244 e. The molecule has 1 fully saturated rings. The highest BCUT2D eigenvalue weighted by molar-refractivity contribution is 5.95. The zero-order chi connectivity index (χ0) is 17.6. The molecule has 0 aromatic heterocycles. The third kappa shape index (κ3) is 4.59. The number of hydrogen-bond donors (Lipinski definition) is 1. The summed E-state index contributed by atoms with van der Waals surface area (Å²) < 4.78 is 5.88. The SMILES string of the molecule is Cc1ccc(Oc2ccccc2NC(=O)CN2CCCCC2=O)cc1. The van der Waals surface area contributed by atoms with Crippen LogP contribution in [-0.4, -0.2) is 29.8 Å². The molecule has 5 heteroatoms. The summed E-state index contributed by atoms with van der Waals surface area (Å²) in [6.45, 7) is 2.74. The second-order valence-electron chi connectivity index (χ2n) is 6.23. The number of nitrogens with zero attached hydrogens (tertiary/aromatic N) is 1. The minimum Gasteiger partial charge on any atom is -0.455 e. The van der Waals surface area contributed by atoms with Crippen LogP contribution in [0.5, 0.6) is 11.5 Å². The van der Waals surface area contributed by atoms with E-state index in [-0.39, 0.29) is 18.4 Å². The van der Waals surface area contributed by atoms with Crippen LogP contribution in [0.3, 0.4) is 0 Å². The van der Waals surface area contributed by atoms with Crippen molar-refractivity contribution in [2.75, 3.05) is 18.4 Å². The number of aryl methyl sites for hydroxylation is 1. The molecule has 130 valence electrons. The van der Waals surface area contributed by atoms with Crippen LogP contribution in [0.2, 0.25) is 0 Å². The molecule has 0 radical (unpaired) electrons. The van der Waals surface area contributed by atoms with Gasteiger partial charge in [0.05, 0.1) is 12.2 Å². The van der Waals surface area contributed by atoms with E-state index in [2.05, 4.69) is 5.32 Å². The largest absolute Gasteiger partial charge is 0.455 e. The molecule has 0 aliphatic carbocycles. The molecule has 1 aliphatic rings. The number of rotatable bonds is 5. The third-order valence-electron chi connectivity index (χ3n) is 4.17. The molecule has 1 saturated heterocycles. The Balaban J connectivity index is 1.66. The molecule has 1 N–H and O–H groups in total. The first kappa shape index (κ1) is 17.0. The lowest BCUT2D eigenvalue weighted by Crippen LogP contribution is -2.40. The maximum absolute atomic E-state index is 12.3. The van der Waals surface area contributed by atoms with Gasteiger partial charge in [0.15, 0.2) is 5.75 Å². The summed E-state index contributed by atoms with van der Waals surface area (Å²) in [5, 5.41) is 2.85. The molecule has 0 atom stereocenters. The first-order chi connectivity index (χ1) is 12.1. The highest BCUT2D eigenvalue weighted by Gasteiger charge is 2.20. The van der Waals surface area contributed by atoms with Gasteiger partial charge in [-0.2, -0.15) is 0 Å². The van der Waals surface area contributed by atoms with Crippen LogP contribution in [0.1, 0.15) is 24.8 Å². The van der Waals surface area contributed by atoms with Gasteiger partial charge < -0.3 is 15.0 Å². The normalized spacial score (nSPS) is 14.3. The smallest absolute Gasteiger partial charge is 0.244 e.